The highest BCUT2D eigenvalue weighted by molar-refractivity contribution is 6.31. The smallest absolute Gasteiger partial charge is 0.226 e. The Morgan fingerprint density at radius 2 is 1.93 bits per heavy atom. The second kappa shape index (κ2) is 7.61. The topological polar surface area (TPSA) is 38.3 Å². The Morgan fingerprint density at radius 3 is 2.57 bits per heavy atom. The number of fused-ring (bicyclic) bond motifs is 1. The lowest BCUT2D eigenvalue weighted by Gasteiger charge is -2.46. The average Bonchev–Trinajstić information content (AvgIpc) is 3.05. The number of hydrogen-bond donors (Lipinski definition) is 1. The van der Waals surface area contributed by atoms with Crippen LogP contribution >= 0.6 is 23.2 Å². The van der Waals surface area contributed by atoms with Gasteiger partial charge in [-0.05, 0) is 72.4 Å². The summed E-state index contributed by atoms with van der Waals surface area (Å²) in [7, 11) is 1.65. The van der Waals surface area contributed by atoms with E-state index in [1.165, 1.54) is 5.56 Å². The van der Waals surface area contributed by atoms with Crippen LogP contribution in [0.2, 0.25) is 10.0 Å². The zero-order valence-electron chi connectivity index (χ0n) is 16.2. The van der Waals surface area contributed by atoms with Gasteiger partial charge in [0.15, 0.2) is 0 Å². The van der Waals surface area contributed by atoms with Crippen molar-refractivity contribution in [3.63, 3.8) is 0 Å². The first kappa shape index (κ1) is 19.6. The molecule has 4 atom stereocenters. The van der Waals surface area contributed by atoms with Crippen LogP contribution in [-0.2, 0) is 4.79 Å². The Hall–Kier alpha value is -1.71. The predicted molar refractivity (Wildman–Crippen MR) is 113 cm³/mol. The highest BCUT2D eigenvalue weighted by Gasteiger charge is 2.56. The fourth-order valence-electron chi connectivity index (χ4n) is 5.42. The molecule has 0 unspecified atom stereocenters. The number of hydrogen-bond acceptors (Lipinski definition) is 2. The molecule has 1 saturated carbocycles. The van der Waals surface area contributed by atoms with E-state index in [2.05, 4.69) is 30.4 Å². The van der Waals surface area contributed by atoms with Crippen molar-refractivity contribution >= 4 is 29.1 Å². The Morgan fingerprint density at radius 1 is 1.18 bits per heavy atom. The van der Waals surface area contributed by atoms with E-state index in [-0.39, 0.29) is 29.1 Å². The molecule has 5 heteroatoms. The Balaban J connectivity index is 1.82. The number of methoxy groups -OCH3 is 1. The number of rotatable bonds is 4. The average molecular weight is 418 g/mol. The van der Waals surface area contributed by atoms with Gasteiger partial charge >= 0.3 is 0 Å². The Bertz CT molecular complexity index is 883. The summed E-state index contributed by atoms with van der Waals surface area (Å²) < 4.78 is 5.33. The molecule has 28 heavy (non-hydrogen) atoms. The van der Waals surface area contributed by atoms with Crippen LogP contribution in [0.4, 0.5) is 0 Å². The fourth-order valence-corrected chi connectivity index (χ4v) is 5.86. The number of benzene rings is 2. The third-order valence-corrected chi connectivity index (χ3v) is 7.49. The minimum absolute atomic E-state index is 0.204. The van der Waals surface area contributed by atoms with E-state index in [0.717, 1.165) is 40.6 Å². The Labute approximate surface area is 176 Å². The zero-order valence-corrected chi connectivity index (χ0v) is 17.7. The molecule has 2 aliphatic rings. The van der Waals surface area contributed by atoms with Gasteiger partial charge in [-0.25, -0.2) is 0 Å². The maximum Gasteiger partial charge on any atom is 0.226 e. The molecule has 1 saturated heterocycles. The van der Waals surface area contributed by atoms with E-state index in [1.54, 1.807) is 7.11 Å². The van der Waals surface area contributed by atoms with Crippen molar-refractivity contribution in [2.24, 2.45) is 11.3 Å². The fraction of sp³-hybridized carbons (Fsp3) is 0.435. The van der Waals surface area contributed by atoms with Gasteiger partial charge in [0.25, 0.3) is 0 Å². The molecule has 0 radical (unpaired) electrons. The molecule has 1 aliphatic carbocycles. The van der Waals surface area contributed by atoms with Crippen LogP contribution in [0.15, 0.2) is 42.5 Å². The number of carbonyl (C=O) groups is 1. The monoisotopic (exact) mass is 417 g/mol. The molecular formula is C23H25Cl2NO2. The van der Waals surface area contributed by atoms with Gasteiger partial charge in [0, 0.05) is 16.6 Å². The van der Waals surface area contributed by atoms with Crippen LogP contribution in [0.1, 0.15) is 49.1 Å². The van der Waals surface area contributed by atoms with Gasteiger partial charge in [-0.3, -0.25) is 4.79 Å². The van der Waals surface area contributed by atoms with Crippen molar-refractivity contribution in [2.75, 3.05) is 13.7 Å². The lowest BCUT2D eigenvalue weighted by molar-refractivity contribution is -0.131. The standard InChI is InChI=1S/C23H25Cl2NO2/c1-3-23-11-10-18(17-9-8-16(28-2)12-20(17)25)21(19(23)13-26-22(23)27)14-4-6-15(24)7-5-14/h4-9,12,18-19,21H,3,10-11,13H2,1-2H3,(H,26,27)/t18-,19-,21-,23+/m0/s1. The van der Waals surface area contributed by atoms with Crippen LogP contribution in [0.5, 0.6) is 5.75 Å². The number of ether oxygens (including phenoxy) is 1. The molecule has 1 N–H and O–H groups in total. The van der Waals surface area contributed by atoms with Gasteiger partial charge in [0.1, 0.15) is 5.75 Å². The van der Waals surface area contributed by atoms with Crippen LogP contribution in [0.25, 0.3) is 0 Å². The summed E-state index contributed by atoms with van der Waals surface area (Å²) >= 11 is 12.8. The zero-order chi connectivity index (χ0) is 19.9. The van der Waals surface area contributed by atoms with Crippen molar-refractivity contribution in [3.8, 4) is 5.75 Å². The van der Waals surface area contributed by atoms with E-state index in [1.807, 2.05) is 24.3 Å². The van der Waals surface area contributed by atoms with Crippen LogP contribution < -0.4 is 10.1 Å². The molecule has 4 rings (SSSR count). The van der Waals surface area contributed by atoms with E-state index in [9.17, 15) is 4.79 Å². The second-order valence-corrected chi connectivity index (χ2v) is 8.78. The molecule has 1 heterocycles. The van der Waals surface area contributed by atoms with Crippen molar-refractivity contribution in [1.82, 2.24) is 5.32 Å². The third-order valence-electron chi connectivity index (χ3n) is 6.91. The van der Waals surface area contributed by atoms with Gasteiger partial charge in [-0.2, -0.15) is 0 Å². The van der Waals surface area contributed by atoms with Gasteiger partial charge < -0.3 is 10.1 Å². The number of carbonyl (C=O) groups excluding carboxylic acids is 1. The highest BCUT2D eigenvalue weighted by atomic mass is 35.5. The minimum Gasteiger partial charge on any atom is -0.497 e. The summed E-state index contributed by atoms with van der Waals surface area (Å²) in [6, 6.07) is 14.0. The van der Waals surface area contributed by atoms with E-state index < -0.39 is 0 Å². The summed E-state index contributed by atoms with van der Waals surface area (Å²) in [4.78, 5) is 12.8. The molecule has 0 aromatic heterocycles. The SMILES string of the molecule is CC[C@@]12CC[C@@H](c3ccc(OC)cc3Cl)[C@H](c3ccc(Cl)cc3)[C@@H]1CNC2=O. The van der Waals surface area contributed by atoms with Crippen molar-refractivity contribution in [3.05, 3.63) is 63.6 Å². The summed E-state index contributed by atoms with van der Waals surface area (Å²) in [5, 5.41) is 4.60. The van der Waals surface area contributed by atoms with E-state index >= 15 is 0 Å². The molecule has 0 bridgehead atoms. The van der Waals surface area contributed by atoms with E-state index in [0.29, 0.717) is 6.54 Å². The lowest BCUT2D eigenvalue weighted by atomic mass is 9.55. The quantitative estimate of drug-likeness (QED) is 0.681. The largest absolute Gasteiger partial charge is 0.497 e. The third kappa shape index (κ3) is 3.09. The van der Waals surface area contributed by atoms with Crippen LogP contribution in [-0.4, -0.2) is 19.6 Å². The molecule has 148 valence electrons. The van der Waals surface area contributed by atoms with Crippen molar-refractivity contribution in [1.29, 1.82) is 0 Å². The first-order valence-corrected chi connectivity index (χ1v) is 10.6. The minimum atomic E-state index is -0.292. The van der Waals surface area contributed by atoms with Crippen molar-refractivity contribution in [2.45, 2.75) is 38.0 Å². The number of nitrogens with one attached hydrogen (secondary N) is 1. The van der Waals surface area contributed by atoms with Gasteiger partial charge in [0.2, 0.25) is 5.91 Å². The first-order chi connectivity index (χ1) is 13.5. The predicted octanol–water partition coefficient (Wildman–Crippen LogP) is 5.81. The molecule has 0 spiro atoms. The lowest BCUT2D eigenvalue weighted by Crippen LogP contribution is -2.42. The van der Waals surface area contributed by atoms with Gasteiger partial charge in [0.05, 0.1) is 12.5 Å². The van der Waals surface area contributed by atoms with Gasteiger partial charge in [-0.1, -0.05) is 48.3 Å². The second-order valence-electron chi connectivity index (χ2n) is 7.94. The molecule has 2 aromatic rings. The summed E-state index contributed by atoms with van der Waals surface area (Å²) in [6.45, 7) is 2.85. The maximum atomic E-state index is 12.8. The molecule has 1 aliphatic heterocycles. The highest BCUT2D eigenvalue weighted by Crippen LogP contribution is 2.58. The number of amides is 1. The molecule has 3 nitrogen and oxygen atoms in total. The number of halogens is 2. The first-order valence-electron chi connectivity index (χ1n) is 9.87. The Kier molecular flexibility index (Phi) is 5.32. The summed E-state index contributed by atoms with van der Waals surface area (Å²) in [5.74, 6) is 1.65. The van der Waals surface area contributed by atoms with Gasteiger partial charge in [-0.15, -0.1) is 0 Å². The normalized spacial score (nSPS) is 29.3. The van der Waals surface area contributed by atoms with E-state index in [4.69, 9.17) is 27.9 Å². The summed E-state index contributed by atoms with van der Waals surface area (Å²) in [6.07, 6.45) is 2.67. The molecule has 2 aromatic carbocycles. The maximum absolute atomic E-state index is 12.8. The van der Waals surface area contributed by atoms with Crippen molar-refractivity contribution < 1.29 is 9.53 Å². The summed E-state index contributed by atoms with van der Waals surface area (Å²) in [5.41, 5.74) is 2.06. The molecule has 2 fully saturated rings. The molecule has 1 amide bonds. The van der Waals surface area contributed by atoms with Crippen LogP contribution in [0, 0.1) is 11.3 Å². The van der Waals surface area contributed by atoms with Crippen LogP contribution in [0.3, 0.4) is 0 Å². The molecular weight excluding hydrogens is 393 g/mol.